The van der Waals surface area contributed by atoms with Crippen molar-refractivity contribution in [2.45, 2.75) is 19.8 Å². The Kier molecular flexibility index (Phi) is 7.78. The average molecular weight is 425 g/mol. The molecule has 0 radical (unpaired) electrons. The molecule has 3 rings (SSSR count). The third-order valence-corrected chi connectivity index (χ3v) is 5.57. The third-order valence-electron chi connectivity index (χ3n) is 4.27. The second-order valence-electron chi connectivity index (χ2n) is 6.45. The zero-order valence-electron chi connectivity index (χ0n) is 16.3. The van der Waals surface area contributed by atoms with Crippen molar-refractivity contribution in [2.75, 3.05) is 18.5 Å². The number of hydrogen-bond donors (Lipinski definition) is 2. The first kappa shape index (κ1) is 21.0. The van der Waals surface area contributed by atoms with E-state index in [1.165, 1.54) is 22.5 Å². The maximum Gasteiger partial charge on any atom is 0.341 e. The van der Waals surface area contributed by atoms with Crippen LogP contribution in [0.25, 0.3) is 0 Å². The van der Waals surface area contributed by atoms with E-state index in [2.05, 4.69) is 34.9 Å². The Labute approximate surface area is 180 Å². The van der Waals surface area contributed by atoms with Crippen LogP contribution in [0.1, 0.15) is 33.3 Å². The van der Waals surface area contributed by atoms with Gasteiger partial charge < -0.3 is 15.4 Å². The molecule has 0 aliphatic heterocycles. The van der Waals surface area contributed by atoms with E-state index in [9.17, 15) is 4.79 Å². The van der Waals surface area contributed by atoms with Gasteiger partial charge in [-0.05, 0) is 42.8 Å². The lowest BCUT2D eigenvalue weighted by atomic mass is 10.1. The summed E-state index contributed by atoms with van der Waals surface area (Å²) < 4.78 is 5.22. The van der Waals surface area contributed by atoms with Gasteiger partial charge in [-0.3, -0.25) is 0 Å². The molecule has 0 spiro atoms. The minimum atomic E-state index is -0.336. The van der Waals surface area contributed by atoms with E-state index < -0.39 is 0 Å². The molecule has 1 aromatic heterocycles. The molecule has 0 atom stereocenters. The van der Waals surface area contributed by atoms with Crippen molar-refractivity contribution in [3.63, 3.8) is 0 Å². The van der Waals surface area contributed by atoms with Crippen molar-refractivity contribution in [1.82, 2.24) is 5.32 Å². The third kappa shape index (κ3) is 6.41. The summed E-state index contributed by atoms with van der Waals surface area (Å²) in [7, 11) is 0. The van der Waals surface area contributed by atoms with Crippen LogP contribution in [0.3, 0.4) is 0 Å². The van der Waals surface area contributed by atoms with Crippen molar-refractivity contribution in [1.29, 1.82) is 0 Å². The summed E-state index contributed by atoms with van der Waals surface area (Å²) in [6.07, 6.45) is 1.63. The quantitative estimate of drug-likeness (QED) is 0.392. The molecule has 3 aromatic rings. The fourth-order valence-corrected chi connectivity index (χ4v) is 4.24. The van der Waals surface area contributed by atoms with Gasteiger partial charge in [0, 0.05) is 17.8 Å². The summed E-state index contributed by atoms with van der Waals surface area (Å²) in [6.45, 7) is 2.85. The van der Waals surface area contributed by atoms with Crippen molar-refractivity contribution in [3.8, 4) is 0 Å². The Hall–Kier alpha value is -2.70. The lowest BCUT2D eigenvalue weighted by Crippen LogP contribution is -2.30. The SMILES string of the molecule is CCOC(=O)c1cc(Cc2ccccc2)sc1NC(=S)NCCc1ccccc1. The van der Waals surface area contributed by atoms with E-state index in [-0.39, 0.29) is 5.97 Å². The smallest absolute Gasteiger partial charge is 0.341 e. The summed E-state index contributed by atoms with van der Waals surface area (Å²) in [6, 6.07) is 22.3. The molecule has 6 heteroatoms. The monoisotopic (exact) mass is 424 g/mol. The van der Waals surface area contributed by atoms with Crippen LogP contribution in [0.5, 0.6) is 0 Å². The predicted molar refractivity (Wildman–Crippen MR) is 124 cm³/mol. The number of anilines is 1. The molecule has 0 saturated carbocycles. The Morgan fingerprint density at radius 2 is 1.69 bits per heavy atom. The van der Waals surface area contributed by atoms with Crippen LogP contribution in [0.4, 0.5) is 5.00 Å². The van der Waals surface area contributed by atoms with Crippen LogP contribution in [0.2, 0.25) is 0 Å². The summed E-state index contributed by atoms with van der Waals surface area (Å²) >= 11 is 6.96. The second kappa shape index (κ2) is 10.7. The molecule has 0 unspecified atom stereocenters. The molecule has 2 N–H and O–H groups in total. The largest absolute Gasteiger partial charge is 0.462 e. The lowest BCUT2D eigenvalue weighted by molar-refractivity contribution is 0.0528. The maximum atomic E-state index is 12.4. The van der Waals surface area contributed by atoms with Crippen LogP contribution in [0.15, 0.2) is 66.7 Å². The van der Waals surface area contributed by atoms with Gasteiger partial charge in [-0.25, -0.2) is 4.79 Å². The van der Waals surface area contributed by atoms with Crippen molar-refractivity contribution in [2.24, 2.45) is 0 Å². The Balaban J connectivity index is 1.65. The van der Waals surface area contributed by atoms with Gasteiger partial charge >= 0.3 is 5.97 Å². The number of rotatable bonds is 8. The molecule has 0 bridgehead atoms. The first-order chi connectivity index (χ1) is 14.2. The molecule has 0 amide bonds. The minimum Gasteiger partial charge on any atom is -0.462 e. The van der Waals surface area contributed by atoms with E-state index in [1.807, 2.05) is 42.5 Å². The number of ether oxygens (including phenoxy) is 1. The molecule has 0 aliphatic rings. The van der Waals surface area contributed by atoms with Gasteiger partial charge in [-0.15, -0.1) is 11.3 Å². The molecule has 4 nitrogen and oxygen atoms in total. The van der Waals surface area contributed by atoms with E-state index in [4.69, 9.17) is 17.0 Å². The van der Waals surface area contributed by atoms with Crippen LogP contribution in [0, 0.1) is 0 Å². The van der Waals surface area contributed by atoms with E-state index in [0.29, 0.717) is 28.8 Å². The number of esters is 1. The van der Waals surface area contributed by atoms with Gasteiger partial charge in [0.25, 0.3) is 0 Å². The highest BCUT2D eigenvalue weighted by Gasteiger charge is 2.18. The Morgan fingerprint density at radius 1 is 1.03 bits per heavy atom. The van der Waals surface area contributed by atoms with E-state index >= 15 is 0 Å². The van der Waals surface area contributed by atoms with Gasteiger partial charge in [0.1, 0.15) is 5.00 Å². The summed E-state index contributed by atoms with van der Waals surface area (Å²) in [5.74, 6) is -0.336. The highest BCUT2D eigenvalue weighted by atomic mass is 32.1. The highest BCUT2D eigenvalue weighted by Crippen LogP contribution is 2.30. The highest BCUT2D eigenvalue weighted by molar-refractivity contribution is 7.80. The van der Waals surface area contributed by atoms with Gasteiger partial charge in [0.15, 0.2) is 5.11 Å². The van der Waals surface area contributed by atoms with Crippen molar-refractivity contribution >= 4 is 39.6 Å². The Bertz CT molecular complexity index is 940. The lowest BCUT2D eigenvalue weighted by Gasteiger charge is -2.10. The summed E-state index contributed by atoms with van der Waals surface area (Å²) in [5, 5.41) is 7.61. The summed E-state index contributed by atoms with van der Waals surface area (Å²) in [5.41, 5.74) is 2.96. The number of thiophene rings is 1. The van der Waals surface area contributed by atoms with Crippen molar-refractivity contribution < 1.29 is 9.53 Å². The normalized spacial score (nSPS) is 10.4. The number of carbonyl (C=O) groups is 1. The number of thiocarbonyl (C=S) groups is 1. The fourth-order valence-electron chi connectivity index (χ4n) is 2.89. The molecular weight excluding hydrogens is 400 g/mol. The molecule has 0 saturated heterocycles. The van der Waals surface area contributed by atoms with Crippen molar-refractivity contribution in [3.05, 3.63) is 88.3 Å². The molecule has 1 heterocycles. The second-order valence-corrected chi connectivity index (χ2v) is 8.00. The maximum absolute atomic E-state index is 12.4. The standard InChI is InChI=1S/C23H24N2O2S2/c1-2-27-22(26)20-16-19(15-18-11-7-4-8-12-18)29-21(20)25-23(28)24-14-13-17-9-5-3-6-10-17/h3-12,16H,2,13-15H2,1H3,(H2,24,25,28). The number of carbonyl (C=O) groups excluding carboxylic acids is 1. The van der Waals surface area contributed by atoms with Crippen LogP contribution >= 0.6 is 23.6 Å². The zero-order chi connectivity index (χ0) is 20.5. The van der Waals surface area contributed by atoms with Gasteiger partial charge in [-0.2, -0.15) is 0 Å². The van der Waals surface area contributed by atoms with Crippen LogP contribution in [-0.4, -0.2) is 24.2 Å². The summed E-state index contributed by atoms with van der Waals surface area (Å²) in [4.78, 5) is 13.5. The fraction of sp³-hybridized carbons (Fsp3) is 0.217. The molecule has 29 heavy (non-hydrogen) atoms. The first-order valence-corrected chi connectivity index (χ1v) is 10.8. The number of nitrogens with one attached hydrogen (secondary N) is 2. The topological polar surface area (TPSA) is 50.4 Å². The van der Waals surface area contributed by atoms with Crippen LogP contribution < -0.4 is 10.6 Å². The zero-order valence-corrected chi connectivity index (χ0v) is 17.9. The number of benzene rings is 2. The van der Waals surface area contributed by atoms with Gasteiger partial charge in [-0.1, -0.05) is 60.7 Å². The van der Waals surface area contributed by atoms with Crippen LogP contribution in [-0.2, 0) is 17.6 Å². The minimum absolute atomic E-state index is 0.335. The Morgan fingerprint density at radius 3 is 2.34 bits per heavy atom. The average Bonchev–Trinajstić information content (AvgIpc) is 3.12. The number of hydrogen-bond acceptors (Lipinski definition) is 4. The van der Waals surface area contributed by atoms with E-state index in [0.717, 1.165) is 17.7 Å². The first-order valence-electron chi connectivity index (χ1n) is 9.58. The predicted octanol–water partition coefficient (Wildman–Crippen LogP) is 5.04. The molecular formula is C23H24N2O2S2. The molecule has 0 fully saturated rings. The molecule has 2 aromatic carbocycles. The molecule has 0 aliphatic carbocycles. The van der Waals surface area contributed by atoms with Gasteiger partial charge in [0.2, 0.25) is 0 Å². The van der Waals surface area contributed by atoms with E-state index in [1.54, 1.807) is 6.92 Å². The molecule has 150 valence electrons. The van der Waals surface area contributed by atoms with Gasteiger partial charge in [0.05, 0.1) is 12.2 Å².